The van der Waals surface area contributed by atoms with Crippen molar-refractivity contribution in [1.82, 2.24) is 0 Å². The third-order valence-electron chi connectivity index (χ3n) is 3.40. The summed E-state index contributed by atoms with van der Waals surface area (Å²) in [7, 11) is -4.44. The number of ether oxygens (including phenoxy) is 1. The summed E-state index contributed by atoms with van der Waals surface area (Å²) in [5, 5.41) is 0. The van der Waals surface area contributed by atoms with Crippen LogP contribution < -0.4 is 4.74 Å². The van der Waals surface area contributed by atoms with Crippen molar-refractivity contribution in [1.29, 1.82) is 0 Å². The van der Waals surface area contributed by atoms with Gasteiger partial charge in [0.25, 0.3) is 0 Å². The molecule has 0 amide bonds. The summed E-state index contributed by atoms with van der Waals surface area (Å²) in [6, 6.07) is 12.5. The minimum atomic E-state index is -4.44. The fourth-order valence-electron chi connectivity index (χ4n) is 2.35. The van der Waals surface area contributed by atoms with Crippen molar-refractivity contribution in [2.75, 3.05) is 6.61 Å². The van der Waals surface area contributed by atoms with Crippen molar-refractivity contribution in [3.63, 3.8) is 0 Å². The lowest BCUT2D eigenvalue weighted by Crippen LogP contribution is -2.05. The molecule has 0 aliphatic heterocycles. The third kappa shape index (κ3) is 4.32. The first-order chi connectivity index (χ1) is 10.4. The van der Waals surface area contributed by atoms with Gasteiger partial charge in [0.1, 0.15) is 15.9 Å². The molecule has 0 N–H and O–H groups in total. The molecule has 22 heavy (non-hydrogen) atoms. The summed E-state index contributed by atoms with van der Waals surface area (Å²) in [6.07, 6.45) is 1.17. The molecular formula is C17H19O4S-. The summed E-state index contributed by atoms with van der Waals surface area (Å²) in [5.41, 5.74) is 2.58. The summed E-state index contributed by atoms with van der Waals surface area (Å²) in [6.45, 7) is 4.42. The summed E-state index contributed by atoms with van der Waals surface area (Å²) < 4.78 is 39.3. The Hall–Kier alpha value is -1.85. The van der Waals surface area contributed by atoms with Gasteiger partial charge in [-0.2, -0.15) is 0 Å². The van der Waals surface area contributed by atoms with E-state index in [2.05, 4.69) is 0 Å². The van der Waals surface area contributed by atoms with Crippen LogP contribution in [0.4, 0.5) is 0 Å². The molecule has 0 aliphatic rings. The molecule has 0 aromatic heterocycles. The van der Waals surface area contributed by atoms with E-state index in [0.717, 1.165) is 16.9 Å². The Morgan fingerprint density at radius 3 is 2.32 bits per heavy atom. The first kappa shape index (κ1) is 16.5. The summed E-state index contributed by atoms with van der Waals surface area (Å²) in [5.74, 6) is 0.810. The van der Waals surface area contributed by atoms with Crippen molar-refractivity contribution < 1.29 is 17.7 Å². The van der Waals surface area contributed by atoms with Gasteiger partial charge in [-0.25, -0.2) is 8.42 Å². The molecule has 4 nitrogen and oxygen atoms in total. The van der Waals surface area contributed by atoms with Crippen molar-refractivity contribution in [2.24, 2.45) is 0 Å². The molecule has 0 atom stereocenters. The van der Waals surface area contributed by atoms with Gasteiger partial charge in [0.05, 0.1) is 11.5 Å². The van der Waals surface area contributed by atoms with E-state index >= 15 is 0 Å². The van der Waals surface area contributed by atoms with E-state index in [1.165, 1.54) is 6.07 Å². The topological polar surface area (TPSA) is 66.4 Å². The van der Waals surface area contributed by atoms with Gasteiger partial charge >= 0.3 is 0 Å². The van der Waals surface area contributed by atoms with Crippen LogP contribution in [-0.2, 0) is 23.0 Å². The molecule has 0 radical (unpaired) electrons. The lowest BCUT2D eigenvalue weighted by atomic mass is 10.0. The number of aryl methyl sites for hydroxylation is 3. The molecule has 118 valence electrons. The van der Waals surface area contributed by atoms with Gasteiger partial charge in [-0.1, -0.05) is 29.8 Å². The van der Waals surface area contributed by atoms with Crippen molar-refractivity contribution in [3.05, 3.63) is 59.2 Å². The smallest absolute Gasteiger partial charge is 0.124 e. The van der Waals surface area contributed by atoms with Crippen LogP contribution in [-0.4, -0.2) is 19.6 Å². The summed E-state index contributed by atoms with van der Waals surface area (Å²) >= 11 is 0. The second-order valence-electron chi connectivity index (χ2n) is 5.14. The number of benzene rings is 2. The fraction of sp³-hybridized carbons (Fsp3) is 0.294. The van der Waals surface area contributed by atoms with Gasteiger partial charge in [-0.15, -0.1) is 0 Å². The molecule has 2 rings (SSSR count). The molecular weight excluding hydrogens is 300 g/mol. The largest absolute Gasteiger partial charge is 0.744 e. The van der Waals surface area contributed by atoms with Gasteiger partial charge in [0, 0.05) is 0 Å². The van der Waals surface area contributed by atoms with E-state index in [9.17, 15) is 13.0 Å². The Kier molecular flexibility index (Phi) is 5.21. The number of hydrogen-bond donors (Lipinski definition) is 0. The Morgan fingerprint density at radius 2 is 1.73 bits per heavy atom. The minimum absolute atomic E-state index is 0.121. The maximum atomic E-state index is 11.3. The fourth-order valence-corrected chi connectivity index (χ4v) is 3.06. The zero-order valence-corrected chi connectivity index (χ0v) is 13.5. The highest BCUT2D eigenvalue weighted by molar-refractivity contribution is 7.85. The van der Waals surface area contributed by atoms with Gasteiger partial charge in [0.2, 0.25) is 0 Å². The molecule has 0 spiro atoms. The Balaban J connectivity index is 2.16. The summed E-state index contributed by atoms with van der Waals surface area (Å²) in [4.78, 5) is -0.121. The molecule has 0 saturated carbocycles. The zero-order valence-electron chi connectivity index (χ0n) is 12.7. The molecule has 2 aromatic rings. The van der Waals surface area contributed by atoms with Crippen LogP contribution in [0, 0.1) is 6.92 Å². The standard InChI is InChI=1S/C17H20O4S/c1-3-21-16-9-6-14(7-10-16)5-8-15-12-13(2)4-11-17(15)22(18,19)20/h4,6-7,9-12H,3,5,8H2,1-2H3,(H,18,19,20)/p-1. The minimum Gasteiger partial charge on any atom is -0.744 e. The molecule has 0 bridgehead atoms. The molecule has 2 aromatic carbocycles. The molecule has 0 heterocycles. The van der Waals surface area contributed by atoms with Crippen LogP contribution >= 0.6 is 0 Å². The Morgan fingerprint density at radius 1 is 1.05 bits per heavy atom. The maximum absolute atomic E-state index is 11.3. The molecule has 0 saturated heterocycles. The highest BCUT2D eigenvalue weighted by Gasteiger charge is 2.09. The molecule has 0 fully saturated rings. The first-order valence-electron chi connectivity index (χ1n) is 7.17. The van der Waals surface area contributed by atoms with Crippen LogP contribution in [0.25, 0.3) is 0 Å². The number of rotatable bonds is 6. The van der Waals surface area contributed by atoms with E-state index in [4.69, 9.17) is 4.74 Å². The average molecular weight is 319 g/mol. The van der Waals surface area contributed by atoms with E-state index < -0.39 is 10.1 Å². The van der Waals surface area contributed by atoms with Crippen LogP contribution in [0.2, 0.25) is 0 Å². The lowest BCUT2D eigenvalue weighted by Gasteiger charge is -2.14. The van der Waals surface area contributed by atoms with E-state index in [1.807, 2.05) is 38.1 Å². The molecule has 0 unspecified atom stereocenters. The predicted molar refractivity (Wildman–Crippen MR) is 84.2 cm³/mol. The van der Waals surface area contributed by atoms with Gasteiger partial charge in [-0.05, 0) is 56.0 Å². The van der Waals surface area contributed by atoms with Gasteiger partial charge < -0.3 is 9.29 Å². The van der Waals surface area contributed by atoms with Crippen LogP contribution in [0.3, 0.4) is 0 Å². The SMILES string of the molecule is CCOc1ccc(CCc2cc(C)ccc2S(=O)(=O)[O-])cc1. The molecule has 0 aliphatic carbocycles. The Bertz CT molecular complexity index is 734. The van der Waals surface area contributed by atoms with Crippen LogP contribution in [0.15, 0.2) is 47.4 Å². The zero-order chi connectivity index (χ0) is 16.2. The second kappa shape index (κ2) is 6.94. The van der Waals surface area contributed by atoms with Crippen molar-refractivity contribution in [2.45, 2.75) is 31.6 Å². The normalized spacial score (nSPS) is 11.4. The maximum Gasteiger partial charge on any atom is 0.124 e. The lowest BCUT2D eigenvalue weighted by molar-refractivity contribution is 0.340. The quantitative estimate of drug-likeness (QED) is 0.767. The van der Waals surface area contributed by atoms with Crippen molar-refractivity contribution >= 4 is 10.1 Å². The van der Waals surface area contributed by atoms with Gasteiger partial charge in [-0.3, -0.25) is 0 Å². The van der Waals surface area contributed by atoms with Crippen LogP contribution in [0.1, 0.15) is 23.6 Å². The van der Waals surface area contributed by atoms with E-state index in [-0.39, 0.29) is 4.90 Å². The second-order valence-corrected chi connectivity index (χ2v) is 6.49. The average Bonchev–Trinajstić information content (AvgIpc) is 2.45. The highest BCUT2D eigenvalue weighted by atomic mass is 32.2. The first-order valence-corrected chi connectivity index (χ1v) is 8.58. The predicted octanol–water partition coefficient (Wildman–Crippen LogP) is 3.08. The molecule has 5 heteroatoms. The van der Waals surface area contributed by atoms with Crippen molar-refractivity contribution in [3.8, 4) is 5.75 Å². The Labute approximate surface area is 131 Å². The van der Waals surface area contributed by atoms with E-state index in [1.54, 1.807) is 12.1 Å². The van der Waals surface area contributed by atoms with Crippen LogP contribution in [0.5, 0.6) is 5.75 Å². The van der Waals surface area contributed by atoms with Gasteiger partial charge in [0.15, 0.2) is 0 Å². The van der Waals surface area contributed by atoms with E-state index in [0.29, 0.717) is 25.0 Å². The monoisotopic (exact) mass is 319 g/mol. The number of hydrogen-bond acceptors (Lipinski definition) is 4. The highest BCUT2D eigenvalue weighted by Crippen LogP contribution is 2.20. The third-order valence-corrected chi connectivity index (χ3v) is 4.34.